The van der Waals surface area contributed by atoms with E-state index in [0.717, 1.165) is 5.56 Å². The summed E-state index contributed by atoms with van der Waals surface area (Å²) >= 11 is 0. The summed E-state index contributed by atoms with van der Waals surface area (Å²) < 4.78 is 5.16. The highest BCUT2D eigenvalue weighted by molar-refractivity contribution is 5.59. The Labute approximate surface area is 121 Å². The topological polar surface area (TPSA) is 111 Å². The van der Waals surface area contributed by atoms with Crippen LogP contribution in [0.3, 0.4) is 0 Å². The summed E-state index contributed by atoms with van der Waals surface area (Å²) in [6, 6.07) is 4.26. The number of nitrogens with two attached hydrogens (primary N) is 1. The quantitative estimate of drug-likeness (QED) is 0.656. The number of hydrogen-bond acceptors (Lipinski definition) is 7. The lowest BCUT2D eigenvalue weighted by atomic mass is 10.1. The first kappa shape index (κ1) is 15.1. The number of likely N-dealkylation sites (N-methyl/N-ethyl adjacent to an activating group) is 1. The van der Waals surface area contributed by atoms with Gasteiger partial charge in [0.1, 0.15) is 0 Å². The van der Waals surface area contributed by atoms with Gasteiger partial charge in [0.25, 0.3) is 11.6 Å². The van der Waals surface area contributed by atoms with Crippen molar-refractivity contribution in [3.63, 3.8) is 0 Å². The molecule has 0 saturated carbocycles. The molecule has 112 valence electrons. The largest absolute Gasteiger partial charge is 0.334 e. The van der Waals surface area contributed by atoms with Crippen LogP contribution in [0.25, 0.3) is 11.5 Å². The van der Waals surface area contributed by atoms with Crippen molar-refractivity contribution >= 4 is 5.69 Å². The molecule has 0 bridgehead atoms. The predicted molar refractivity (Wildman–Crippen MR) is 76.6 cm³/mol. The van der Waals surface area contributed by atoms with Crippen LogP contribution in [0.1, 0.15) is 17.4 Å². The molecule has 1 aromatic carbocycles. The number of non-ortho nitro benzene ring substituents is 1. The molecule has 8 heteroatoms. The van der Waals surface area contributed by atoms with E-state index in [9.17, 15) is 10.1 Å². The maximum atomic E-state index is 10.9. The van der Waals surface area contributed by atoms with Crippen molar-refractivity contribution in [3.8, 4) is 11.5 Å². The molecule has 1 aromatic heterocycles. The molecule has 21 heavy (non-hydrogen) atoms. The lowest BCUT2D eigenvalue weighted by Crippen LogP contribution is -2.26. The first-order chi connectivity index (χ1) is 9.86. The Kier molecular flexibility index (Phi) is 4.29. The number of hydrogen-bond donors (Lipinski definition) is 1. The van der Waals surface area contributed by atoms with Crippen LogP contribution in [0.2, 0.25) is 0 Å². The molecule has 0 aliphatic heterocycles. The van der Waals surface area contributed by atoms with Crippen molar-refractivity contribution in [1.82, 2.24) is 15.0 Å². The van der Waals surface area contributed by atoms with Gasteiger partial charge in [0.05, 0.1) is 11.0 Å². The Morgan fingerprint density at radius 2 is 2.14 bits per heavy atom. The van der Waals surface area contributed by atoms with Gasteiger partial charge in [-0.3, -0.25) is 10.1 Å². The van der Waals surface area contributed by atoms with Gasteiger partial charge in [0.15, 0.2) is 5.82 Å². The molecule has 0 amide bonds. The van der Waals surface area contributed by atoms with Crippen LogP contribution >= 0.6 is 0 Å². The van der Waals surface area contributed by atoms with Crippen LogP contribution in [-0.2, 0) is 0 Å². The third kappa shape index (κ3) is 3.61. The van der Waals surface area contributed by atoms with Gasteiger partial charge in [-0.15, -0.1) is 0 Å². The Bertz CT molecular complexity index is 653. The molecular formula is C13H17N5O3. The maximum Gasteiger partial charge on any atom is 0.270 e. The summed E-state index contributed by atoms with van der Waals surface area (Å²) in [5, 5.41) is 14.7. The number of benzene rings is 1. The average Bonchev–Trinajstić information content (AvgIpc) is 2.86. The zero-order valence-electron chi connectivity index (χ0n) is 12.1. The number of rotatable bonds is 5. The van der Waals surface area contributed by atoms with Crippen molar-refractivity contribution in [2.45, 2.75) is 13.0 Å². The fourth-order valence-corrected chi connectivity index (χ4v) is 1.97. The molecule has 2 N–H and O–H groups in total. The van der Waals surface area contributed by atoms with Gasteiger partial charge in [0, 0.05) is 24.2 Å². The zero-order chi connectivity index (χ0) is 15.6. The van der Waals surface area contributed by atoms with Gasteiger partial charge in [-0.25, -0.2) is 0 Å². The van der Waals surface area contributed by atoms with Crippen molar-refractivity contribution in [1.29, 1.82) is 0 Å². The highest BCUT2D eigenvalue weighted by Gasteiger charge is 2.18. The van der Waals surface area contributed by atoms with E-state index in [2.05, 4.69) is 10.1 Å². The summed E-state index contributed by atoms with van der Waals surface area (Å²) in [7, 11) is 3.79. The smallest absolute Gasteiger partial charge is 0.270 e. The predicted octanol–water partition coefficient (Wildman–Crippen LogP) is 1.51. The molecule has 2 rings (SSSR count). The second-order valence-corrected chi connectivity index (χ2v) is 5.14. The van der Waals surface area contributed by atoms with E-state index in [1.165, 1.54) is 12.1 Å². The lowest BCUT2D eigenvalue weighted by Gasteiger charge is -2.12. The van der Waals surface area contributed by atoms with Crippen LogP contribution in [0.4, 0.5) is 5.69 Å². The SMILES string of the molecule is Cc1cc(-c2nc(C(N)CN(C)C)no2)cc([N+](=O)[O-])c1. The minimum Gasteiger partial charge on any atom is -0.334 e. The molecular weight excluding hydrogens is 274 g/mol. The molecule has 1 unspecified atom stereocenters. The Balaban J connectivity index is 2.31. The van der Waals surface area contributed by atoms with Crippen LogP contribution < -0.4 is 5.73 Å². The number of nitro benzene ring substituents is 1. The molecule has 1 atom stereocenters. The molecule has 2 aromatic rings. The van der Waals surface area contributed by atoms with E-state index in [1.54, 1.807) is 13.0 Å². The highest BCUT2D eigenvalue weighted by atomic mass is 16.6. The molecule has 0 aliphatic rings. The fraction of sp³-hybridized carbons (Fsp3) is 0.385. The first-order valence-electron chi connectivity index (χ1n) is 6.37. The van der Waals surface area contributed by atoms with Crippen LogP contribution in [0, 0.1) is 17.0 Å². The molecule has 0 spiro atoms. The molecule has 8 nitrogen and oxygen atoms in total. The second-order valence-electron chi connectivity index (χ2n) is 5.14. The Hall–Kier alpha value is -2.32. The number of aromatic nitrogens is 2. The van der Waals surface area contributed by atoms with Crippen molar-refractivity contribution in [2.75, 3.05) is 20.6 Å². The normalized spacial score (nSPS) is 12.6. The summed E-state index contributed by atoms with van der Waals surface area (Å²) in [6.45, 7) is 2.35. The fourth-order valence-electron chi connectivity index (χ4n) is 1.97. The number of aryl methyl sites for hydroxylation is 1. The van der Waals surface area contributed by atoms with Crippen LogP contribution in [0.15, 0.2) is 22.7 Å². The molecule has 0 saturated heterocycles. The minimum atomic E-state index is -0.453. The summed E-state index contributed by atoms with van der Waals surface area (Å²) in [5.41, 5.74) is 7.21. The van der Waals surface area contributed by atoms with E-state index in [4.69, 9.17) is 10.3 Å². The second kappa shape index (κ2) is 5.98. The van der Waals surface area contributed by atoms with Crippen molar-refractivity contribution in [3.05, 3.63) is 39.7 Å². The maximum absolute atomic E-state index is 10.9. The van der Waals surface area contributed by atoms with Gasteiger partial charge < -0.3 is 15.2 Å². The van der Waals surface area contributed by atoms with Gasteiger partial charge in [-0.2, -0.15) is 4.98 Å². The van der Waals surface area contributed by atoms with Gasteiger partial charge in [-0.05, 0) is 32.6 Å². The first-order valence-corrected chi connectivity index (χ1v) is 6.37. The summed E-state index contributed by atoms with van der Waals surface area (Å²) in [4.78, 5) is 16.6. The van der Waals surface area contributed by atoms with Crippen LogP contribution in [0.5, 0.6) is 0 Å². The highest BCUT2D eigenvalue weighted by Crippen LogP contribution is 2.25. The Morgan fingerprint density at radius 3 is 2.76 bits per heavy atom. The van der Waals surface area contributed by atoms with Crippen molar-refractivity contribution in [2.24, 2.45) is 5.73 Å². The molecule has 0 aliphatic carbocycles. The van der Waals surface area contributed by atoms with E-state index >= 15 is 0 Å². The molecule has 1 heterocycles. The number of nitrogens with zero attached hydrogens (tertiary/aromatic N) is 4. The van der Waals surface area contributed by atoms with E-state index in [0.29, 0.717) is 17.9 Å². The zero-order valence-corrected chi connectivity index (χ0v) is 12.1. The Morgan fingerprint density at radius 1 is 1.43 bits per heavy atom. The third-order valence-corrected chi connectivity index (χ3v) is 2.86. The van der Waals surface area contributed by atoms with E-state index in [1.807, 2.05) is 19.0 Å². The molecule has 0 fully saturated rings. The van der Waals surface area contributed by atoms with Crippen LogP contribution in [-0.4, -0.2) is 40.6 Å². The van der Waals surface area contributed by atoms with E-state index in [-0.39, 0.29) is 17.6 Å². The number of nitro groups is 1. The summed E-state index contributed by atoms with van der Waals surface area (Å²) in [6.07, 6.45) is 0. The average molecular weight is 291 g/mol. The minimum absolute atomic E-state index is 0.0117. The lowest BCUT2D eigenvalue weighted by molar-refractivity contribution is -0.384. The monoisotopic (exact) mass is 291 g/mol. The third-order valence-electron chi connectivity index (χ3n) is 2.86. The van der Waals surface area contributed by atoms with Crippen molar-refractivity contribution < 1.29 is 9.45 Å². The van der Waals surface area contributed by atoms with Gasteiger partial charge >= 0.3 is 0 Å². The standard InChI is InChI=1S/C13H17N5O3/c1-8-4-9(6-10(5-8)18(19)20)13-15-12(16-21-13)11(14)7-17(2)3/h4-6,11H,7,14H2,1-3H3. The van der Waals surface area contributed by atoms with Gasteiger partial charge in [-0.1, -0.05) is 5.16 Å². The summed E-state index contributed by atoms with van der Waals surface area (Å²) in [5.74, 6) is 0.605. The van der Waals surface area contributed by atoms with E-state index < -0.39 is 4.92 Å². The molecule has 0 radical (unpaired) electrons. The van der Waals surface area contributed by atoms with Gasteiger partial charge in [0.2, 0.25) is 0 Å².